The first kappa shape index (κ1) is 28.1. The van der Waals surface area contributed by atoms with Crippen molar-refractivity contribution >= 4 is 17.1 Å². The quantitative estimate of drug-likeness (QED) is 0.450. The van der Waals surface area contributed by atoms with Crippen molar-refractivity contribution in [2.45, 2.75) is 109 Å². The van der Waals surface area contributed by atoms with Gasteiger partial charge in [-0.15, -0.1) is 5.92 Å². The lowest BCUT2D eigenvalue weighted by Crippen LogP contribution is -2.65. The molecule has 0 aromatic carbocycles. The van der Waals surface area contributed by atoms with Gasteiger partial charge in [-0.2, -0.15) is 0 Å². The van der Waals surface area contributed by atoms with E-state index in [2.05, 4.69) is 72.2 Å². The van der Waals surface area contributed by atoms with Gasteiger partial charge in [0.25, 0.3) is 5.56 Å². The summed E-state index contributed by atoms with van der Waals surface area (Å²) in [5.74, 6) is 5.35. The Balaban J connectivity index is 2.11. The Morgan fingerprint density at radius 2 is 1.60 bits per heavy atom. The van der Waals surface area contributed by atoms with Crippen molar-refractivity contribution < 1.29 is 22.8 Å². The molecule has 11 heteroatoms. The van der Waals surface area contributed by atoms with Gasteiger partial charge in [0, 0.05) is 6.20 Å². The zero-order chi connectivity index (χ0) is 26.3. The van der Waals surface area contributed by atoms with Gasteiger partial charge in [0.05, 0.1) is 6.61 Å². The lowest BCUT2D eigenvalue weighted by Gasteiger charge is -2.51. The van der Waals surface area contributed by atoms with Gasteiger partial charge in [-0.1, -0.05) is 61.3 Å². The summed E-state index contributed by atoms with van der Waals surface area (Å²) in [6.07, 6.45) is -2.25. The van der Waals surface area contributed by atoms with Gasteiger partial charge in [0.15, 0.2) is 6.23 Å². The van der Waals surface area contributed by atoms with Crippen LogP contribution in [0.3, 0.4) is 0 Å². The van der Waals surface area contributed by atoms with Crippen LogP contribution in [0, 0.1) is 11.8 Å². The average Bonchev–Trinajstić information content (AvgIpc) is 3.04. The van der Waals surface area contributed by atoms with Gasteiger partial charge >= 0.3 is 22.8 Å². The van der Waals surface area contributed by atoms with Crippen LogP contribution in [-0.4, -0.2) is 56.7 Å². The van der Waals surface area contributed by atoms with Gasteiger partial charge in [-0.25, -0.2) is 4.79 Å². The fraction of sp³-hybridized carbons (Fsp3) is 0.750. The predicted octanol–water partition coefficient (Wildman–Crippen LogP) is 3.12. The van der Waals surface area contributed by atoms with E-state index in [1.165, 1.54) is 10.8 Å². The van der Waals surface area contributed by atoms with Crippen LogP contribution in [0.1, 0.15) is 74.1 Å². The summed E-state index contributed by atoms with van der Waals surface area (Å²) < 4.78 is 28.1. The topological polar surface area (TPSA) is 112 Å². The molecule has 0 aliphatic carbocycles. The Labute approximate surface area is 209 Å². The van der Waals surface area contributed by atoms with E-state index in [4.69, 9.17) is 17.7 Å². The second-order valence-corrected chi connectivity index (χ2v) is 19.5. The maximum absolute atomic E-state index is 12.7. The number of hydrogen-bond donors (Lipinski definition) is 2. The zero-order valence-corrected chi connectivity index (χ0v) is 24.2. The lowest BCUT2D eigenvalue weighted by atomic mass is 10.1. The first-order chi connectivity index (χ1) is 16.3. The van der Waals surface area contributed by atoms with Crippen LogP contribution in [0.5, 0.6) is 0 Å². The van der Waals surface area contributed by atoms with Crippen molar-refractivity contribution in [3.63, 3.8) is 0 Å². The minimum atomic E-state index is -2.96. The Bertz CT molecular complexity index is 1070. The van der Waals surface area contributed by atoms with Crippen LogP contribution in [0.2, 0.25) is 22.2 Å². The van der Waals surface area contributed by atoms with Crippen molar-refractivity contribution in [2.75, 3.05) is 6.61 Å². The molecule has 196 valence electrons. The molecular weight excluding hydrogens is 484 g/mol. The molecule has 2 aliphatic rings. The number of nitrogens with one attached hydrogen (secondary N) is 1. The van der Waals surface area contributed by atoms with Gasteiger partial charge in [-0.05, 0) is 29.1 Å². The summed E-state index contributed by atoms with van der Waals surface area (Å²) >= 11 is 0. The molecule has 0 bridgehead atoms. The molecule has 2 N–H and O–H groups in total. The molecule has 2 fully saturated rings. The molecule has 3 heterocycles. The molecule has 2 saturated heterocycles. The van der Waals surface area contributed by atoms with Crippen LogP contribution in [0.15, 0.2) is 15.8 Å². The summed E-state index contributed by atoms with van der Waals surface area (Å²) in [6, 6.07) is 0. The highest BCUT2D eigenvalue weighted by Crippen LogP contribution is 2.48. The molecular formula is C24H40N2O7Si2. The highest BCUT2D eigenvalue weighted by molar-refractivity contribution is 6.83. The van der Waals surface area contributed by atoms with E-state index in [1.54, 1.807) is 6.92 Å². The molecule has 1 aromatic heterocycles. The van der Waals surface area contributed by atoms with Crippen molar-refractivity contribution in [1.29, 1.82) is 0 Å². The summed E-state index contributed by atoms with van der Waals surface area (Å²) in [5, 5.41) is 11.4. The van der Waals surface area contributed by atoms with Crippen molar-refractivity contribution in [2.24, 2.45) is 0 Å². The SMILES string of the molecule is CC#Cc1cn(C2OC3CO[Si](C(C)C)(C(C)C)O[Si](C(C)C)(C(C)C)OC3C2O)c(=O)[nH]c1=O. The number of aromatic nitrogens is 2. The Morgan fingerprint density at radius 3 is 2.11 bits per heavy atom. The summed E-state index contributed by atoms with van der Waals surface area (Å²) in [5.41, 5.74) is -0.631. The number of H-pyrrole nitrogens is 1. The first-order valence-corrected chi connectivity index (χ1v) is 16.4. The number of aliphatic hydroxyl groups excluding tert-OH is 1. The molecule has 0 spiro atoms. The number of ether oxygens (including phenoxy) is 1. The number of hydrogen-bond acceptors (Lipinski definition) is 7. The minimum Gasteiger partial charge on any atom is -0.414 e. The molecule has 1 aromatic rings. The van der Waals surface area contributed by atoms with Gasteiger partial charge < -0.3 is 22.8 Å². The minimum absolute atomic E-state index is 0.0858. The molecule has 3 rings (SSSR count). The molecule has 35 heavy (non-hydrogen) atoms. The van der Waals surface area contributed by atoms with Gasteiger partial charge in [0.1, 0.15) is 23.9 Å². The second-order valence-electron chi connectivity index (χ2n) is 10.7. The van der Waals surface area contributed by atoms with Gasteiger partial charge in [0.2, 0.25) is 0 Å². The fourth-order valence-corrected chi connectivity index (χ4v) is 16.5. The molecule has 0 amide bonds. The van der Waals surface area contributed by atoms with Crippen molar-refractivity contribution in [3.05, 3.63) is 32.6 Å². The number of fused-ring (bicyclic) bond motifs is 1. The summed E-state index contributed by atoms with van der Waals surface area (Å²) in [4.78, 5) is 27.1. The maximum atomic E-state index is 12.7. The lowest BCUT2D eigenvalue weighted by molar-refractivity contribution is -0.0601. The number of aromatic amines is 1. The van der Waals surface area contributed by atoms with Gasteiger partial charge in [-0.3, -0.25) is 14.3 Å². The van der Waals surface area contributed by atoms with Crippen LogP contribution in [-0.2, 0) is 17.7 Å². The van der Waals surface area contributed by atoms with Crippen LogP contribution in [0.25, 0.3) is 0 Å². The largest absolute Gasteiger partial charge is 0.414 e. The normalized spacial score (nSPS) is 28.1. The van der Waals surface area contributed by atoms with E-state index in [-0.39, 0.29) is 34.3 Å². The molecule has 4 atom stereocenters. The van der Waals surface area contributed by atoms with E-state index < -0.39 is 52.9 Å². The zero-order valence-electron chi connectivity index (χ0n) is 22.2. The smallest absolute Gasteiger partial charge is 0.335 e. The second kappa shape index (κ2) is 10.5. The summed E-state index contributed by atoms with van der Waals surface area (Å²) in [6.45, 7) is 18.7. The molecule has 2 aliphatic heterocycles. The first-order valence-electron chi connectivity index (χ1n) is 12.4. The highest BCUT2D eigenvalue weighted by Gasteiger charge is 2.61. The van der Waals surface area contributed by atoms with Crippen LogP contribution in [0.4, 0.5) is 0 Å². The van der Waals surface area contributed by atoms with E-state index in [0.29, 0.717) is 0 Å². The Morgan fingerprint density at radius 1 is 1.03 bits per heavy atom. The van der Waals surface area contributed by atoms with E-state index >= 15 is 0 Å². The molecule has 0 radical (unpaired) electrons. The standard InChI is InChI=1S/C24H40N2O7Si2/c1-10-11-18-12-26(24(29)25-22(18)28)23-20(27)21-19(31-23)13-30-34(14(2)3,15(4)5)33-35(32-21,16(6)7)17(8)9/h12,14-17,19-21,23,27H,13H2,1-9H3,(H,25,28,29). The van der Waals surface area contributed by atoms with E-state index in [1.807, 2.05) is 0 Å². The summed E-state index contributed by atoms with van der Waals surface area (Å²) in [7, 11) is -5.72. The molecule has 9 nitrogen and oxygen atoms in total. The Hall–Kier alpha value is -1.53. The third-order valence-electron chi connectivity index (χ3n) is 7.14. The maximum Gasteiger partial charge on any atom is 0.335 e. The predicted molar refractivity (Wildman–Crippen MR) is 138 cm³/mol. The van der Waals surface area contributed by atoms with Crippen LogP contribution < -0.4 is 11.2 Å². The average molecular weight is 525 g/mol. The molecule has 0 saturated carbocycles. The van der Waals surface area contributed by atoms with E-state index in [0.717, 1.165) is 0 Å². The highest BCUT2D eigenvalue weighted by atomic mass is 28.5. The third kappa shape index (κ3) is 4.90. The van der Waals surface area contributed by atoms with Crippen LogP contribution >= 0.6 is 0 Å². The monoisotopic (exact) mass is 524 g/mol. The van der Waals surface area contributed by atoms with Crippen molar-refractivity contribution in [1.82, 2.24) is 9.55 Å². The third-order valence-corrected chi connectivity index (χ3v) is 17.4. The van der Waals surface area contributed by atoms with E-state index in [9.17, 15) is 14.7 Å². The number of rotatable bonds is 5. The molecule has 4 unspecified atom stereocenters. The Kier molecular flexibility index (Phi) is 8.38. The fourth-order valence-electron chi connectivity index (χ4n) is 5.27. The number of aliphatic hydroxyl groups is 1. The number of nitrogens with zero attached hydrogens (tertiary/aromatic N) is 1. The van der Waals surface area contributed by atoms with Crippen molar-refractivity contribution in [3.8, 4) is 11.8 Å².